The van der Waals surface area contributed by atoms with E-state index in [0.717, 1.165) is 0 Å². The third kappa shape index (κ3) is 4.18. The highest BCUT2D eigenvalue weighted by Crippen LogP contribution is 2.36. The zero-order valence-corrected chi connectivity index (χ0v) is 14.1. The van der Waals surface area contributed by atoms with Gasteiger partial charge in [-0.2, -0.15) is 0 Å². The number of hydrogen-bond acceptors (Lipinski definition) is 5. The highest BCUT2D eigenvalue weighted by atomic mass is 28.4. The van der Waals surface area contributed by atoms with Gasteiger partial charge in [-0.15, -0.1) is 0 Å². The van der Waals surface area contributed by atoms with Crippen LogP contribution in [0.3, 0.4) is 0 Å². The molecule has 0 saturated heterocycles. The molecule has 2 atom stereocenters. The molecular formula is C14H24O5Si. The summed E-state index contributed by atoms with van der Waals surface area (Å²) in [7, 11) is -1.94. The maximum atomic E-state index is 11.8. The van der Waals surface area contributed by atoms with Gasteiger partial charge >= 0.3 is 5.97 Å². The number of hydrogen-bond donors (Lipinski definition) is 0. The summed E-state index contributed by atoms with van der Waals surface area (Å²) in [5.74, 6) is -0.769. The van der Waals surface area contributed by atoms with E-state index in [0.29, 0.717) is 0 Å². The second-order valence-corrected chi connectivity index (χ2v) is 11.3. The average molecular weight is 300 g/mol. The van der Waals surface area contributed by atoms with Crippen LogP contribution < -0.4 is 0 Å². The van der Waals surface area contributed by atoms with Gasteiger partial charge in [-0.3, -0.25) is 9.59 Å². The van der Waals surface area contributed by atoms with Crippen molar-refractivity contribution in [3.63, 3.8) is 0 Å². The number of carbonyl (C=O) groups is 2. The fraction of sp³-hybridized carbons (Fsp3) is 0.714. The largest absolute Gasteiger partial charge is 0.491 e. The maximum absolute atomic E-state index is 11.8. The van der Waals surface area contributed by atoms with Gasteiger partial charge < -0.3 is 13.9 Å². The van der Waals surface area contributed by atoms with Crippen molar-refractivity contribution in [3.05, 3.63) is 12.3 Å². The van der Waals surface area contributed by atoms with Gasteiger partial charge in [-0.05, 0) is 18.1 Å². The lowest BCUT2D eigenvalue weighted by molar-refractivity contribution is -0.161. The topological polar surface area (TPSA) is 61.8 Å². The molecule has 0 bridgehead atoms. The van der Waals surface area contributed by atoms with E-state index in [1.54, 1.807) is 0 Å². The molecule has 0 aromatic heterocycles. The third-order valence-corrected chi connectivity index (χ3v) is 8.31. The van der Waals surface area contributed by atoms with Crippen LogP contribution in [-0.4, -0.2) is 38.9 Å². The fourth-order valence-corrected chi connectivity index (χ4v) is 2.52. The normalized spacial score (nSPS) is 23.4. The van der Waals surface area contributed by atoms with Crippen LogP contribution in [-0.2, 0) is 23.5 Å². The number of esters is 1. The molecule has 0 saturated carbocycles. The van der Waals surface area contributed by atoms with Crippen molar-refractivity contribution in [2.45, 2.75) is 58.0 Å². The molecule has 1 heterocycles. The van der Waals surface area contributed by atoms with E-state index in [2.05, 4.69) is 33.9 Å². The molecule has 1 aliphatic rings. The molecule has 6 heteroatoms. The Morgan fingerprint density at radius 1 is 1.40 bits per heavy atom. The lowest BCUT2D eigenvalue weighted by Crippen LogP contribution is -2.48. The summed E-state index contributed by atoms with van der Waals surface area (Å²) in [5.41, 5.74) is 0. The zero-order valence-electron chi connectivity index (χ0n) is 13.1. The minimum atomic E-state index is -1.94. The number of ketones is 1. The van der Waals surface area contributed by atoms with E-state index < -0.39 is 26.5 Å². The molecule has 0 unspecified atom stereocenters. The van der Waals surface area contributed by atoms with Crippen LogP contribution in [0.15, 0.2) is 12.3 Å². The monoisotopic (exact) mass is 300 g/mol. The predicted molar refractivity (Wildman–Crippen MR) is 77.7 cm³/mol. The standard InChI is InChI=1S/C14H24O5Si/c1-10(15)19-13-11(16)7-8-17-12(13)9-18-20(5,6)14(2,3)4/h7-8,12-13H,9H2,1-6H3/t12-,13+/m1/s1. The molecule has 0 spiro atoms. The summed E-state index contributed by atoms with van der Waals surface area (Å²) < 4.78 is 16.5. The average Bonchev–Trinajstić information content (AvgIpc) is 2.28. The highest BCUT2D eigenvalue weighted by molar-refractivity contribution is 6.74. The summed E-state index contributed by atoms with van der Waals surface area (Å²) in [5, 5.41) is 0.0679. The van der Waals surface area contributed by atoms with Crippen LogP contribution >= 0.6 is 0 Å². The Labute approximate surface area is 121 Å². The van der Waals surface area contributed by atoms with Gasteiger partial charge in [-0.25, -0.2) is 0 Å². The summed E-state index contributed by atoms with van der Waals surface area (Å²) in [6, 6.07) is 0. The second kappa shape index (κ2) is 6.09. The highest BCUT2D eigenvalue weighted by Gasteiger charge is 2.40. The molecule has 0 fully saturated rings. The first kappa shape index (κ1) is 16.9. The molecule has 114 valence electrons. The van der Waals surface area contributed by atoms with Gasteiger partial charge in [0.05, 0.1) is 12.9 Å². The van der Waals surface area contributed by atoms with Crippen LogP contribution in [0.4, 0.5) is 0 Å². The third-order valence-electron chi connectivity index (χ3n) is 3.81. The summed E-state index contributed by atoms with van der Waals surface area (Å²) >= 11 is 0. The van der Waals surface area contributed by atoms with Crippen molar-refractivity contribution in [2.75, 3.05) is 6.61 Å². The molecule has 0 radical (unpaired) electrons. The Hall–Kier alpha value is -1.14. The zero-order chi connectivity index (χ0) is 15.6. The van der Waals surface area contributed by atoms with Gasteiger partial charge in [0.25, 0.3) is 0 Å². The van der Waals surface area contributed by atoms with Gasteiger partial charge in [0, 0.05) is 13.0 Å². The molecule has 0 aromatic rings. The maximum Gasteiger partial charge on any atom is 0.303 e. The molecule has 5 nitrogen and oxygen atoms in total. The Kier molecular flexibility index (Phi) is 5.15. The number of rotatable bonds is 4. The molecule has 0 N–H and O–H groups in total. The van der Waals surface area contributed by atoms with Gasteiger partial charge in [0.15, 0.2) is 14.4 Å². The van der Waals surface area contributed by atoms with Crippen molar-refractivity contribution >= 4 is 20.1 Å². The van der Waals surface area contributed by atoms with Crippen molar-refractivity contribution in [1.29, 1.82) is 0 Å². The lowest BCUT2D eigenvalue weighted by atomic mass is 10.1. The van der Waals surface area contributed by atoms with E-state index in [4.69, 9.17) is 13.9 Å². The summed E-state index contributed by atoms with van der Waals surface area (Å²) in [6.07, 6.45) is 1.12. The van der Waals surface area contributed by atoms with E-state index in [1.165, 1.54) is 19.3 Å². The first-order chi connectivity index (χ1) is 9.04. The quantitative estimate of drug-likeness (QED) is 0.589. The lowest BCUT2D eigenvalue weighted by Gasteiger charge is -2.38. The van der Waals surface area contributed by atoms with E-state index in [1.807, 2.05) is 0 Å². The summed E-state index contributed by atoms with van der Waals surface area (Å²) in [6.45, 7) is 12.2. The molecule has 0 aliphatic carbocycles. The first-order valence-corrected chi connectivity index (χ1v) is 9.62. The molecule has 1 aliphatic heterocycles. The molecule has 20 heavy (non-hydrogen) atoms. The SMILES string of the molecule is CC(=O)O[C@H]1C(=O)C=CO[C@@H]1CO[Si](C)(C)C(C)(C)C. The van der Waals surface area contributed by atoms with Crippen LogP contribution in [0, 0.1) is 0 Å². The molecule has 1 rings (SSSR count). The van der Waals surface area contributed by atoms with Crippen LogP contribution in [0.2, 0.25) is 18.1 Å². The Morgan fingerprint density at radius 3 is 2.50 bits per heavy atom. The smallest absolute Gasteiger partial charge is 0.303 e. The predicted octanol–water partition coefficient (Wildman–Crippen LogP) is 2.42. The van der Waals surface area contributed by atoms with Crippen molar-refractivity contribution in [1.82, 2.24) is 0 Å². The first-order valence-electron chi connectivity index (χ1n) is 6.71. The Bertz CT molecular complexity index is 408. The minimum Gasteiger partial charge on any atom is -0.491 e. The van der Waals surface area contributed by atoms with Gasteiger partial charge in [0.1, 0.15) is 0 Å². The van der Waals surface area contributed by atoms with Crippen molar-refractivity contribution in [2.24, 2.45) is 0 Å². The molecule has 0 amide bonds. The van der Waals surface area contributed by atoms with Crippen molar-refractivity contribution < 1.29 is 23.5 Å². The number of ether oxygens (including phenoxy) is 2. The second-order valence-electron chi connectivity index (χ2n) is 6.48. The molecular weight excluding hydrogens is 276 g/mol. The molecule has 0 aromatic carbocycles. The fourth-order valence-electron chi connectivity index (χ4n) is 1.50. The number of carbonyl (C=O) groups excluding carboxylic acids is 2. The minimum absolute atomic E-state index is 0.0679. The van der Waals surface area contributed by atoms with E-state index in [9.17, 15) is 9.59 Å². The van der Waals surface area contributed by atoms with E-state index >= 15 is 0 Å². The van der Waals surface area contributed by atoms with E-state index in [-0.39, 0.29) is 17.4 Å². The summed E-state index contributed by atoms with van der Waals surface area (Å²) in [4.78, 5) is 22.9. The van der Waals surface area contributed by atoms with Crippen molar-refractivity contribution in [3.8, 4) is 0 Å². The van der Waals surface area contributed by atoms with Crippen LogP contribution in [0.25, 0.3) is 0 Å². The van der Waals surface area contributed by atoms with Crippen LogP contribution in [0.5, 0.6) is 0 Å². The Morgan fingerprint density at radius 2 is 2.00 bits per heavy atom. The van der Waals surface area contributed by atoms with Gasteiger partial charge in [0.2, 0.25) is 11.9 Å². The van der Waals surface area contributed by atoms with Gasteiger partial charge in [-0.1, -0.05) is 20.8 Å². The Balaban J connectivity index is 2.72. The van der Waals surface area contributed by atoms with Crippen LogP contribution in [0.1, 0.15) is 27.7 Å².